The van der Waals surface area contributed by atoms with Crippen LogP contribution < -0.4 is 0 Å². The van der Waals surface area contributed by atoms with E-state index in [2.05, 4.69) is 10.2 Å². The van der Waals surface area contributed by atoms with Crippen molar-refractivity contribution < 1.29 is 9.90 Å². The standard InChI is InChI=1S/C12H11N3O2/c16-12(17)9-5-8-3-1-2-4-10(8)15-7-13-14-11(15)6-9/h1-4,7,9H,5-6H2,(H,16,17). The third kappa shape index (κ3) is 1.60. The molecule has 0 fully saturated rings. The lowest BCUT2D eigenvalue weighted by molar-refractivity contribution is -0.141. The molecule has 0 amide bonds. The Morgan fingerprint density at radius 1 is 1.35 bits per heavy atom. The zero-order valence-electron chi connectivity index (χ0n) is 9.08. The SMILES string of the molecule is O=C(O)C1Cc2ccccc2-n2cnnc2C1. The van der Waals surface area contributed by atoms with Crippen LogP contribution in [0, 0.1) is 5.92 Å². The Hall–Kier alpha value is -2.17. The van der Waals surface area contributed by atoms with Gasteiger partial charge in [-0.2, -0.15) is 0 Å². The molecule has 17 heavy (non-hydrogen) atoms. The van der Waals surface area contributed by atoms with Crippen molar-refractivity contribution in [2.24, 2.45) is 5.92 Å². The number of carbonyl (C=O) groups is 1. The van der Waals surface area contributed by atoms with E-state index < -0.39 is 11.9 Å². The number of rotatable bonds is 1. The number of nitrogens with zero attached hydrogens (tertiary/aromatic N) is 3. The first kappa shape index (κ1) is 10.0. The van der Waals surface area contributed by atoms with Gasteiger partial charge in [0.2, 0.25) is 0 Å². The molecule has 1 aliphatic rings. The van der Waals surface area contributed by atoms with Crippen molar-refractivity contribution in [3.05, 3.63) is 42.0 Å². The van der Waals surface area contributed by atoms with E-state index in [1.807, 2.05) is 28.8 Å². The van der Waals surface area contributed by atoms with Gasteiger partial charge in [0.05, 0.1) is 11.6 Å². The summed E-state index contributed by atoms with van der Waals surface area (Å²) in [5.41, 5.74) is 2.01. The van der Waals surface area contributed by atoms with Crippen LogP contribution in [0.25, 0.3) is 5.69 Å². The fourth-order valence-electron chi connectivity index (χ4n) is 2.25. The van der Waals surface area contributed by atoms with E-state index in [0.29, 0.717) is 18.7 Å². The minimum atomic E-state index is -0.781. The molecule has 3 rings (SSSR count). The Labute approximate surface area is 97.7 Å². The molecule has 0 aliphatic carbocycles. The van der Waals surface area contributed by atoms with Gasteiger partial charge in [-0.1, -0.05) is 18.2 Å². The van der Waals surface area contributed by atoms with Crippen molar-refractivity contribution in [2.75, 3.05) is 0 Å². The molecule has 2 heterocycles. The minimum Gasteiger partial charge on any atom is -0.481 e. The molecule has 1 N–H and O–H groups in total. The van der Waals surface area contributed by atoms with Gasteiger partial charge in [-0.15, -0.1) is 10.2 Å². The molecule has 0 radical (unpaired) electrons. The number of carboxylic acid groups (broad SMARTS) is 1. The normalized spacial score (nSPS) is 18.0. The van der Waals surface area contributed by atoms with Gasteiger partial charge >= 0.3 is 5.97 Å². The van der Waals surface area contributed by atoms with E-state index in [1.165, 1.54) is 0 Å². The number of aromatic nitrogens is 3. The smallest absolute Gasteiger partial charge is 0.307 e. The molecule has 2 aromatic rings. The molecule has 0 saturated carbocycles. The summed E-state index contributed by atoms with van der Waals surface area (Å²) < 4.78 is 1.87. The lowest BCUT2D eigenvalue weighted by Gasteiger charge is -2.08. The summed E-state index contributed by atoms with van der Waals surface area (Å²) in [5.74, 6) is -0.500. The summed E-state index contributed by atoms with van der Waals surface area (Å²) in [4.78, 5) is 11.2. The first-order valence-corrected chi connectivity index (χ1v) is 5.45. The number of hydrogen-bond donors (Lipinski definition) is 1. The van der Waals surface area contributed by atoms with Crippen LogP contribution >= 0.6 is 0 Å². The maximum atomic E-state index is 11.2. The number of benzene rings is 1. The maximum Gasteiger partial charge on any atom is 0.307 e. The summed E-state index contributed by atoms with van der Waals surface area (Å²) in [6, 6.07) is 7.78. The second-order valence-electron chi connectivity index (χ2n) is 4.19. The monoisotopic (exact) mass is 229 g/mol. The van der Waals surface area contributed by atoms with Crippen LogP contribution in [0.5, 0.6) is 0 Å². The molecule has 1 aromatic heterocycles. The summed E-state index contributed by atoms with van der Waals surface area (Å²) in [6.07, 6.45) is 2.59. The Bertz CT molecular complexity index is 577. The predicted octanol–water partition coefficient (Wildman–Crippen LogP) is 1.07. The topological polar surface area (TPSA) is 68.0 Å². The van der Waals surface area contributed by atoms with Crippen LogP contribution in [0.15, 0.2) is 30.6 Å². The fraction of sp³-hybridized carbons (Fsp3) is 0.250. The minimum absolute atomic E-state index is 0.421. The van der Waals surface area contributed by atoms with Gasteiger partial charge in [-0.05, 0) is 18.1 Å². The van der Waals surface area contributed by atoms with Crippen molar-refractivity contribution in [3.8, 4) is 5.69 Å². The van der Waals surface area contributed by atoms with Crippen molar-refractivity contribution in [1.29, 1.82) is 0 Å². The highest BCUT2D eigenvalue weighted by Crippen LogP contribution is 2.25. The maximum absolute atomic E-state index is 11.2. The van der Waals surface area contributed by atoms with Gasteiger partial charge in [0.25, 0.3) is 0 Å². The Balaban J connectivity index is 2.18. The van der Waals surface area contributed by atoms with E-state index in [4.69, 9.17) is 0 Å². The number of carboxylic acids is 1. The highest BCUT2D eigenvalue weighted by atomic mass is 16.4. The van der Waals surface area contributed by atoms with E-state index in [-0.39, 0.29) is 0 Å². The Morgan fingerprint density at radius 3 is 3.00 bits per heavy atom. The van der Waals surface area contributed by atoms with Crippen molar-refractivity contribution in [2.45, 2.75) is 12.8 Å². The average Bonchev–Trinajstić information content (AvgIpc) is 2.71. The van der Waals surface area contributed by atoms with Crippen LogP contribution in [-0.2, 0) is 17.6 Å². The number of fused-ring (bicyclic) bond motifs is 3. The quantitative estimate of drug-likeness (QED) is 0.794. The van der Waals surface area contributed by atoms with Crippen LogP contribution in [0.2, 0.25) is 0 Å². The molecule has 1 atom stereocenters. The second kappa shape index (κ2) is 3.69. The Kier molecular flexibility index (Phi) is 2.18. The molecule has 86 valence electrons. The van der Waals surface area contributed by atoms with E-state index >= 15 is 0 Å². The summed E-state index contributed by atoms with van der Waals surface area (Å²) in [7, 11) is 0. The van der Waals surface area contributed by atoms with Crippen LogP contribution in [0.3, 0.4) is 0 Å². The third-order valence-corrected chi connectivity index (χ3v) is 3.11. The van der Waals surface area contributed by atoms with Gasteiger partial charge in [0.1, 0.15) is 12.2 Å². The van der Waals surface area contributed by atoms with Crippen molar-refractivity contribution >= 4 is 5.97 Å². The fourth-order valence-corrected chi connectivity index (χ4v) is 2.25. The van der Waals surface area contributed by atoms with Gasteiger partial charge < -0.3 is 5.11 Å². The number of hydrogen-bond acceptors (Lipinski definition) is 3. The third-order valence-electron chi connectivity index (χ3n) is 3.11. The number of aliphatic carboxylic acids is 1. The average molecular weight is 229 g/mol. The van der Waals surface area contributed by atoms with Crippen molar-refractivity contribution in [3.63, 3.8) is 0 Å². The van der Waals surface area contributed by atoms with Crippen LogP contribution in [0.4, 0.5) is 0 Å². The van der Waals surface area contributed by atoms with E-state index in [9.17, 15) is 9.90 Å². The highest BCUT2D eigenvalue weighted by Gasteiger charge is 2.26. The molecular weight excluding hydrogens is 218 g/mol. The summed E-state index contributed by atoms with van der Waals surface area (Å²) in [6.45, 7) is 0. The lowest BCUT2D eigenvalue weighted by Crippen LogP contribution is -2.18. The van der Waals surface area contributed by atoms with Crippen molar-refractivity contribution in [1.82, 2.24) is 14.8 Å². The molecule has 1 aromatic carbocycles. The second-order valence-corrected chi connectivity index (χ2v) is 4.19. The molecule has 5 heteroatoms. The number of para-hydroxylation sites is 1. The zero-order chi connectivity index (χ0) is 11.8. The van der Waals surface area contributed by atoms with Gasteiger partial charge in [0, 0.05) is 6.42 Å². The first-order chi connectivity index (χ1) is 8.25. The molecule has 1 aliphatic heterocycles. The molecule has 0 spiro atoms. The molecular formula is C12H11N3O2. The van der Waals surface area contributed by atoms with E-state index in [0.717, 1.165) is 11.3 Å². The zero-order valence-corrected chi connectivity index (χ0v) is 9.08. The molecule has 1 unspecified atom stereocenters. The Morgan fingerprint density at radius 2 is 2.18 bits per heavy atom. The summed E-state index contributed by atoms with van der Waals surface area (Å²) >= 11 is 0. The predicted molar refractivity (Wildman–Crippen MR) is 59.9 cm³/mol. The highest BCUT2D eigenvalue weighted by molar-refractivity contribution is 5.71. The van der Waals surface area contributed by atoms with Crippen LogP contribution in [-0.4, -0.2) is 25.8 Å². The lowest BCUT2D eigenvalue weighted by atomic mass is 9.97. The van der Waals surface area contributed by atoms with Crippen LogP contribution in [0.1, 0.15) is 11.4 Å². The summed E-state index contributed by atoms with van der Waals surface area (Å²) in [5, 5.41) is 17.1. The molecule has 0 bridgehead atoms. The van der Waals surface area contributed by atoms with Gasteiger partial charge in [-0.25, -0.2) is 0 Å². The largest absolute Gasteiger partial charge is 0.481 e. The first-order valence-electron chi connectivity index (χ1n) is 5.45. The van der Waals surface area contributed by atoms with Gasteiger partial charge in [-0.3, -0.25) is 9.36 Å². The van der Waals surface area contributed by atoms with Gasteiger partial charge in [0.15, 0.2) is 0 Å². The molecule has 0 saturated heterocycles. The molecule has 5 nitrogen and oxygen atoms in total. The van der Waals surface area contributed by atoms with E-state index in [1.54, 1.807) is 6.33 Å².